The quantitative estimate of drug-likeness (QED) is 0.894. The lowest BCUT2D eigenvalue weighted by Crippen LogP contribution is -2.31. The summed E-state index contributed by atoms with van der Waals surface area (Å²) < 4.78 is 13.2. The fraction of sp³-hybridized carbons (Fsp3) is 0.500. The maximum Gasteiger partial charge on any atom is 0.304 e. The van der Waals surface area contributed by atoms with Crippen LogP contribution in [0, 0.1) is 12.7 Å². The van der Waals surface area contributed by atoms with Gasteiger partial charge in [-0.1, -0.05) is 6.07 Å². The van der Waals surface area contributed by atoms with E-state index in [4.69, 9.17) is 5.11 Å². The molecule has 1 aromatic carbocycles. The largest absolute Gasteiger partial charge is 0.481 e. The molecule has 1 N–H and O–H groups in total. The van der Waals surface area contributed by atoms with E-state index in [1.54, 1.807) is 12.1 Å². The van der Waals surface area contributed by atoms with Crippen LogP contribution in [0.25, 0.3) is 0 Å². The summed E-state index contributed by atoms with van der Waals surface area (Å²) in [6, 6.07) is 4.86. The Bertz CT molecular complexity index is 447. The highest BCUT2D eigenvalue weighted by molar-refractivity contribution is 5.67. The van der Waals surface area contributed by atoms with Gasteiger partial charge in [-0.25, -0.2) is 4.39 Å². The maximum absolute atomic E-state index is 13.2. The third-order valence-corrected chi connectivity index (χ3v) is 3.59. The molecule has 1 aliphatic heterocycles. The number of hydrogen-bond acceptors (Lipinski definition) is 2. The average molecular weight is 251 g/mol. The van der Waals surface area contributed by atoms with Gasteiger partial charge in [0.1, 0.15) is 5.82 Å². The van der Waals surface area contributed by atoms with Crippen molar-refractivity contribution in [3.63, 3.8) is 0 Å². The molecule has 0 amide bonds. The molecule has 0 aromatic heterocycles. The first-order chi connectivity index (χ1) is 8.56. The molecule has 0 bridgehead atoms. The van der Waals surface area contributed by atoms with Gasteiger partial charge in [-0.05, 0) is 49.6 Å². The van der Waals surface area contributed by atoms with E-state index in [-0.39, 0.29) is 18.3 Å². The van der Waals surface area contributed by atoms with Gasteiger partial charge in [0.05, 0.1) is 6.42 Å². The molecular formula is C14H18FNO2. The van der Waals surface area contributed by atoms with E-state index in [1.807, 2.05) is 6.92 Å². The Morgan fingerprint density at radius 2 is 2.33 bits per heavy atom. The predicted octanol–water partition coefficient (Wildman–Crippen LogP) is 2.57. The molecule has 1 unspecified atom stereocenters. The highest BCUT2D eigenvalue weighted by Crippen LogP contribution is 2.23. The number of likely N-dealkylation sites (tertiary alicyclic amines) is 1. The molecule has 1 aromatic rings. The summed E-state index contributed by atoms with van der Waals surface area (Å²) in [7, 11) is 0. The van der Waals surface area contributed by atoms with Crippen LogP contribution < -0.4 is 0 Å². The van der Waals surface area contributed by atoms with Gasteiger partial charge in [-0.2, -0.15) is 0 Å². The first-order valence-electron chi connectivity index (χ1n) is 6.27. The summed E-state index contributed by atoms with van der Waals surface area (Å²) in [4.78, 5) is 12.9. The van der Waals surface area contributed by atoms with Crippen LogP contribution in [-0.2, 0) is 11.3 Å². The molecule has 98 valence electrons. The molecule has 1 atom stereocenters. The second-order valence-corrected chi connectivity index (χ2v) is 4.94. The van der Waals surface area contributed by atoms with Crippen molar-refractivity contribution in [2.75, 3.05) is 6.54 Å². The summed E-state index contributed by atoms with van der Waals surface area (Å²) >= 11 is 0. The number of carboxylic acids is 1. The van der Waals surface area contributed by atoms with E-state index in [0.717, 1.165) is 30.5 Å². The van der Waals surface area contributed by atoms with Crippen molar-refractivity contribution in [3.8, 4) is 0 Å². The van der Waals surface area contributed by atoms with Gasteiger partial charge >= 0.3 is 5.97 Å². The molecule has 1 aliphatic rings. The van der Waals surface area contributed by atoms with Crippen molar-refractivity contribution in [2.45, 2.75) is 38.8 Å². The molecule has 3 nitrogen and oxygen atoms in total. The van der Waals surface area contributed by atoms with Gasteiger partial charge in [0.15, 0.2) is 0 Å². The van der Waals surface area contributed by atoms with Gasteiger partial charge in [-0.3, -0.25) is 9.69 Å². The van der Waals surface area contributed by atoms with Gasteiger partial charge < -0.3 is 5.11 Å². The van der Waals surface area contributed by atoms with Crippen LogP contribution in [0.4, 0.5) is 4.39 Å². The molecule has 1 heterocycles. The molecule has 0 saturated carbocycles. The van der Waals surface area contributed by atoms with Gasteiger partial charge in [0, 0.05) is 12.6 Å². The highest BCUT2D eigenvalue weighted by atomic mass is 19.1. The summed E-state index contributed by atoms with van der Waals surface area (Å²) in [5, 5.41) is 8.87. The number of carbonyl (C=O) groups is 1. The SMILES string of the molecule is Cc1ccc(F)cc1CN1CCCC1CC(=O)O. The number of carboxylic acid groups (broad SMARTS) is 1. The van der Waals surface area contributed by atoms with E-state index >= 15 is 0 Å². The molecule has 4 heteroatoms. The number of rotatable bonds is 4. The van der Waals surface area contributed by atoms with Gasteiger partial charge in [-0.15, -0.1) is 0 Å². The predicted molar refractivity (Wildman–Crippen MR) is 66.8 cm³/mol. The van der Waals surface area contributed by atoms with Crippen LogP contribution in [-0.4, -0.2) is 28.6 Å². The Balaban J connectivity index is 2.08. The maximum atomic E-state index is 13.2. The number of aliphatic carboxylic acids is 1. The van der Waals surface area contributed by atoms with Gasteiger partial charge in [0.25, 0.3) is 0 Å². The normalized spacial score (nSPS) is 20.2. The molecular weight excluding hydrogens is 233 g/mol. The topological polar surface area (TPSA) is 40.5 Å². The number of benzene rings is 1. The first-order valence-corrected chi connectivity index (χ1v) is 6.27. The Morgan fingerprint density at radius 1 is 1.56 bits per heavy atom. The average Bonchev–Trinajstić information content (AvgIpc) is 2.70. The lowest BCUT2D eigenvalue weighted by Gasteiger charge is -2.24. The van der Waals surface area contributed by atoms with Crippen LogP contribution in [0.1, 0.15) is 30.4 Å². The second-order valence-electron chi connectivity index (χ2n) is 4.94. The lowest BCUT2D eigenvalue weighted by molar-refractivity contribution is -0.138. The van der Waals surface area contributed by atoms with Crippen molar-refractivity contribution in [3.05, 3.63) is 35.1 Å². The standard InChI is InChI=1S/C14H18FNO2/c1-10-4-5-12(15)7-11(10)9-16-6-2-3-13(16)8-14(17)18/h4-5,7,13H,2-3,6,8-9H2,1H3,(H,17,18). The number of aryl methyl sites for hydroxylation is 1. The summed E-state index contributed by atoms with van der Waals surface area (Å²) in [5.41, 5.74) is 2.00. The molecule has 1 saturated heterocycles. The summed E-state index contributed by atoms with van der Waals surface area (Å²) in [6.07, 6.45) is 2.11. The minimum absolute atomic E-state index is 0.0881. The fourth-order valence-corrected chi connectivity index (χ4v) is 2.57. The lowest BCUT2D eigenvalue weighted by atomic mass is 10.1. The van der Waals surface area contributed by atoms with Crippen LogP contribution in [0.5, 0.6) is 0 Å². The Kier molecular flexibility index (Phi) is 3.97. The fourth-order valence-electron chi connectivity index (χ4n) is 2.57. The van der Waals surface area contributed by atoms with Crippen molar-refractivity contribution >= 4 is 5.97 Å². The number of halogens is 1. The smallest absolute Gasteiger partial charge is 0.304 e. The van der Waals surface area contributed by atoms with Crippen LogP contribution in [0.3, 0.4) is 0 Å². The molecule has 18 heavy (non-hydrogen) atoms. The van der Waals surface area contributed by atoms with Crippen molar-refractivity contribution in [2.24, 2.45) is 0 Å². The van der Waals surface area contributed by atoms with Crippen LogP contribution in [0.15, 0.2) is 18.2 Å². The van der Waals surface area contributed by atoms with E-state index in [2.05, 4.69) is 4.90 Å². The van der Waals surface area contributed by atoms with Crippen molar-refractivity contribution in [1.82, 2.24) is 4.90 Å². The third kappa shape index (κ3) is 3.07. The highest BCUT2D eigenvalue weighted by Gasteiger charge is 2.26. The summed E-state index contributed by atoms with van der Waals surface area (Å²) in [5.74, 6) is -0.993. The zero-order valence-electron chi connectivity index (χ0n) is 10.5. The number of hydrogen-bond donors (Lipinski definition) is 1. The van der Waals surface area contributed by atoms with Crippen molar-refractivity contribution in [1.29, 1.82) is 0 Å². The molecule has 0 radical (unpaired) electrons. The van der Waals surface area contributed by atoms with E-state index in [1.165, 1.54) is 6.07 Å². The third-order valence-electron chi connectivity index (χ3n) is 3.59. The van der Waals surface area contributed by atoms with Crippen LogP contribution in [0.2, 0.25) is 0 Å². The zero-order chi connectivity index (χ0) is 13.1. The van der Waals surface area contributed by atoms with Crippen LogP contribution >= 0.6 is 0 Å². The molecule has 1 fully saturated rings. The molecule has 0 spiro atoms. The minimum atomic E-state index is -0.761. The monoisotopic (exact) mass is 251 g/mol. The zero-order valence-corrected chi connectivity index (χ0v) is 10.5. The van der Waals surface area contributed by atoms with E-state index in [9.17, 15) is 9.18 Å². The minimum Gasteiger partial charge on any atom is -0.481 e. The first kappa shape index (κ1) is 13.0. The second kappa shape index (κ2) is 5.48. The van der Waals surface area contributed by atoms with Gasteiger partial charge in [0.2, 0.25) is 0 Å². The Morgan fingerprint density at radius 3 is 3.06 bits per heavy atom. The summed E-state index contributed by atoms with van der Waals surface area (Å²) in [6.45, 7) is 3.49. The Hall–Kier alpha value is -1.42. The van der Waals surface area contributed by atoms with Crippen molar-refractivity contribution < 1.29 is 14.3 Å². The van der Waals surface area contributed by atoms with E-state index in [0.29, 0.717) is 6.54 Å². The molecule has 2 rings (SSSR count). The Labute approximate surface area is 106 Å². The number of nitrogens with zero attached hydrogens (tertiary/aromatic N) is 1. The van der Waals surface area contributed by atoms with E-state index < -0.39 is 5.97 Å². The molecule has 0 aliphatic carbocycles.